The Labute approximate surface area is 165 Å². The topological polar surface area (TPSA) is 70.4 Å². The Hall–Kier alpha value is -2.76. The molecular weight excluding hydrogens is 385 g/mol. The molecule has 0 radical (unpaired) electrons. The molecule has 27 heavy (non-hydrogen) atoms. The lowest BCUT2D eigenvalue weighted by Crippen LogP contribution is -2.17. The van der Waals surface area contributed by atoms with E-state index in [9.17, 15) is 9.90 Å². The van der Waals surface area contributed by atoms with E-state index < -0.39 is 5.69 Å². The number of rotatable bonds is 3. The summed E-state index contributed by atoms with van der Waals surface area (Å²) in [5.74, 6) is -0.130. The maximum absolute atomic E-state index is 12.3. The highest BCUT2D eigenvalue weighted by Crippen LogP contribution is 2.38. The normalized spacial score (nSPS) is 14.1. The molecule has 2 N–H and O–H groups in total. The molecule has 0 atom stereocenters. The molecule has 2 aromatic carbocycles. The van der Waals surface area contributed by atoms with Crippen LogP contribution in [-0.4, -0.2) is 20.9 Å². The molecule has 0 bridgehead atoms. The molecule has 1 aliphatic rings. The van der Waals surface area contributed by atoms with Gasteiger partial charge in [-0.3, -0.25) is 9.56 Å². The molecule has 136 valence electrons. The van der Waals surface area contributed by atoms with Crippen LogP contribution in [0.4, 0.5) is 5.69 Å². The average Bonchev–Trinajstić information content (AvgIpc) is 3.17. The van der Waals surface area contributed by atoms with Crippen LogP contribution in [0.1, 0.15) is 22.4 Å². The van der Waals surface area contributed by atoms with Crippen molar-refractivity contribution in [2.75, 3.05) is 0 Å². The summed E-state index contributed by atoms with van der Waals surface area (Å²) in [6.07, 6.45) is 3.40. The molecule has 0 fully saturated rings. The first kappa shape index (κ1) is 17.6. The summed E-state index contributed by atoms with van der Waals surface area (Å²) < 4.78 is 1.27. The Morgan fingerprint density at radius 2 is 1.93 bits per heavy atom. The number of H-pyrrole nitrogens is 1. The zero-order valence-electron chi connectivity index (χ0n) is 14.3. The van der Waals surface area contributed by atoms with Crippen molar-refractivity contribution in [1.29, 1.82) is 0 Å². The molecule has 0 saturated carbocycles. The van der Waals surface area contributed by atoms with E-state index in [1.165, 1.54) is 4.57 Å². The van der Waals surface area contributed by atoms with Crippen LogP contribution in [0.15, 0.2) is 46.2 Å². The predicted octanol–water partition coefficient (Wildman–Crippen LogP) is 4.80. The molecule has 5 nitrogen and oxygen atoms in total. The first-order chi connectivity index (χ1) is 12.9. The summed E-state index contributed by atoms with van der Waals surface area (Å²) in [6.45, 7) is 2.14. The van der Waals surface area contributed by atoms with Gasteiger partial charge in [-0.1, -0.05) is 41.4 Å². The fourth-order valence-corrected chi connectivity index (χ4v) is 3.33. The Kier molecular flexibility index (Phi) is 4.42. The number of aromatic hydroxyl groups is 1. The van der Waals surface area contributed by atoms with Gasteiger partial charge in [0.1, 0.15) is 5.69 Å². The predicted molar refractivity (Wildman–Crippen MR) is 109 cm³/mol. The van der Waals surface area contributed by atoms with Crippen LogP contribution < -0.4 is 5.69 Å². The molecule has 4 rings (SSSR count). The number of aromatic amines is 1. The fourth-order valence-electron chi connectivity index (χ4n) is 3.05. The summed E-state index contributed by atoms with van der Waals surface area (Å²) in [6, 6.07) is 10.8. The second-order valence-corrected chi connectivity index (χ2v) is 7.15. The van der Waals surface area contributed by atoms with Gasteiger partial charge < -0.3 is 10.1 Å². The Bertz CT molecular complexity index is 1160. The molecule has 0 aliphatic carbocycles. The van der Waals surface area contributed by atoms with E-state index in [1.807, 2.05) is 31.2 Å². The summed E-state index contributed by atoms with van der Waals surface area (Å²) >= 11 is 12.0. The van der Waals surface area contributed by atoms with Gasteiger partial charge in [-0.2, -0.15) is 0 Å². The van der Waals surface area contributed by atoms with Gasteiger partial charge in [0, 0.05) is 27.4 Å². The molecule has 7 heteroatoms. The van der Waals surface area contributed by atoms with Gasteiger partial charge in [0.15, 0.2) is 0 Å². The van der Waals surface area contributed by atoms with Crippen LogP contribution in [0.25, 0.3) is 11.6 Å². The average molecular weight is 400 g/mol. The second-order valence-electron chi connectivity index (χ2n) is 6.31. The van der Waals surface area contributed by atoms with Crippen molar-refractivity contribution in [1.82, 2.24) is 9.55 Å². The number of nitrogens with zero attached hydrogens (tertiary/aromatic N) is 2. The molecular formula is C20H15Cl2N3O2. The minimum Gasteiger partial charge on any atom is -0.493 e. The smallest absolute Gasteiger partial charge is 0.329 e. The van der Waals surface area contributed by atoms with Crippen molar-refractivity contribution in [2.45, 2.75) is 13.5 Å². The standard InChI is InChI=1S/C20H15Cl2N3O2/c1-11-16(22)7-6-15-13(9-23-18(11)15)8-17-19(26)25(20(27)24-17)10-12-2-4-14(21)5-3-12/h2-9,26H,10H2,1H3,(H,24,27)/b13-8+. The van der Waals surface area contributed by atoms with E-state index in [-0.39, 0.29) is 12.4 Å². The minimum atomic E-state index is -0.392. The summed E-state index contributed by atoms with van der Waals surface area (Å²) in [5, 5.41) is 11.8. The highest BCUT2D eigenvalue weighted by molar-refractivity contribution is 6.32. The van der Waals surface area contributed by atoms with Crippen molar-refractivity contribution < 1.29 is 5.11 Å². The number of fused-ring (bicyclic) bond motifs is 1. The van der Waals surface area contributed by atoms with Gasteiger partial charge in [-0.15, -0.1) is 0 Å². The van der Waals surface area contributed by atoms with Crippen molar-refractivity contribution in [2.24, 2.45) is 4.99 Å². The Balaban J connectivity index is 1.70. The van der Waals surface area contributed by atoms with Gasteiger partial charge in [0.25, 0.3) is 0 Å². The van der Waals surface area contributed by atoms with Gasteiger partial charge >= 0.3 is 5.69 Å². The first-order valence-corrected chi connectivity index (χ1v) is 9.01. The molecule has 0 amide bonds. The van der Waals surface area contributed by atoms with Gasteiger partial charge in [0.05, 0.1) is 12.2 Å². The van der Waals surface area contributed by atoms with Gasteiger partial charge in [-0.25, -0.2) is 4.79 Å². The second kappa shape index (κ2) is 6.76. The Morgan fingerprint density at radius 1 is 1.19 bits per heavy atom. The van der Waals surface area contributed by atoms with E-state index in [0.717, 1.165) is 28.0 Å². The number of benzene rings is 2. The number of imidazole rings is 1. The lowest BCUT2D eigenvalue weighted by atomic mass is 10.0. The van der Waals surface area contributed by atoms with E-state index in [2.05, 4.69) is 9.98 Å². The highest BCUT2D eigenvalue weighted by Gasteiger charge is 2.18. The Morgan fingerprint density at radius 3 is 2.67 bits per heavy atom. The summed E-state index contributed by atoms with van der Waals surface area (Å²) in [4.78, 5) is 19.4. The van der Waals surface area contributed by atoms with Crippen molar-refractivity contribution in [3.63, 3.8) is 0 Å². The molecule has 3 aromatic rings. The zero-order chi connectivity index (χ0) is 19.1. The van der Waals surface area contributed by atoms with Gasteiger partial charge in [0.2, 0.25) is 5.88 Å². The third kappa shape index (κ3) is 3.20. The number of hydrogen-bond donors (Lipinski definition) is 2. The first-order valence-electron chi connectivity index (χ1n) is 8.25. The SMILES string of the molecule is Cc1c(Cl)ccc2c1N=C/C2=C\c1[nH]c(=O)n(Cc2ccc(Cl)cc2)c1O. The van der Waals surface area contributed by atoms with Crippen molar-refractivity contribution in [3.8, 4) is 5.88 Å². The van der Waals surface area contributed by atoms with Crippen LogP contribution in [0.3, 0.4) is 0 Å². The van der Waals surface area contributed by atoms with Crippen molar-refractivity contribution in [3.05, 3.63) is 79.3 Å². The van der Waals surface area contributed by atoms with E-state index in [4.69, 9.17) is 23.2 Å². The van der Waals surface area contributed by atoms with Crippen LogP contribution in [0, 0.1) is 6.92 Å². The van der Waals surface area contributed by atoms with E-state index >= 15 is 0 Å². The van der Waals surface area contributed by atoms with E-state index in [1.54, 1.807) is 24.4 Å². The number of halogens is 2. The number of aromatic nitrogens is 2. The van der Waals surface area contributed by atoms with Crippen LogP contribution in [0.5, 0.6) is 5.88 Å². The largest absolute Gasteiger partial charge is 0.493 e. The van der Waals surface area contributed by atoms with Crippen LogP contribution in [-0.2, 0) is 6.54 Å². The number of allylic oxidation sites excluding steroid dienone is 1. The fraction of sp³-hybridized carbons (Fsp3) is 0.100. The minimum absolute atomic E-state index is 0.130. The lowest BCUT2D eigenvalue weighted by molar-refractivity contribution is 0.420. The van der Waals surface area contributed by atoms with E-state index in [0.29, 0.717) is 15.7 Å². The quantitative estimate of drug-likeness (QED) is 0.663. The third-order valence-electron chi connectivity index (χ3n) is 4.55. The lowest BCUT2D eigenvalue weighted by Gasteiger charge is -2.05. The molecule has 0 spiro atoms. The highest BCUT2D eigenvalue weighted by atomic mass is 35.5. The van der Waals surface area contributed by atoms with Crippen LogP contribution in [0.2, 0.25) is 10.0 Å². The monoisotopic (exact) mass is 399 g/mol. The molecule has 1 aromatic heterocycles. The summed E-state index contributed by atoms with van der Waals surface area (Å²) in [5.41, 5.74) is 4.19. The molecule has 1 aliphatic heterocycles. The van der Waals surface area contributed by atoms with Crippen molar-refractivity contribution >= 4 is 46.8 Å². The summed E-state index contributed by atoms with van der Waals surface area (Å²) in [7, 11) is 0. The zero-order valence-corrected chi connectivity index (χ0v) is 15.8. The molecule has 0 unspecified atom stereocenters. The van der Waals surface area contributed by atoms with Crippen LogP contribution >= 0.6 is 23.2 Å². The molecule has 2 heterocycles. The number of nitrogens with one attached hydrogen (secondary N) is 1. The third-order valence-corrected chi connectivity index (χ3v) is 5.21. The maximum atomic E-state index is 12.3. The maximum Gasteiger partial charge on any atom is 0.329 e. The molecule has 0 saturated heterocycles. The van der Waals surface area contributed by atoms with Gasteiger partial charge in [-0.05, 0) is 42.3 Å². The number of aliphatic imine (C=N–C) groups is 1. The number of hydrogen-bond acceptors (Lipinski definition) is 3.